The summed E-state index contributed by atoms with van der Waals surface area (Å²) in [6, 6.07) is 9.72. The van der Waals surface area contributed by atoms with E-state index < -0.39 is 0 Å². The van der Waals surface area contributed by atoms with Crippen LogP contribution in [0.4, 0.5) is 4.79 Å². The highest BCUT2D eigenvalue weighted by molar-refractivity contribution is 9.10. The van der Waals surface area contributed by atoms with E-state index in [2.05, 4.69) is 25.8 Å². The average molecular weight is 402 g/mol. The summed E-state index contributed by atoms with van der Waals surface area (Å²) in [5.41, 5.74) is 4.36. The Morgan fingerprint density at radius 3 is 2.64 bits per heavy atom. The fourth-order valence-electron chi connectivity index (χ4n) is 3.10. The van der Waals surface area contributed by atoms with Crippen molar-refractivity contribution in [2.24, 2.45) is 0 Å². The molecular weight excluding hydrogens is 382 g/mol. The Morgan fingerprint density at radius 1 is 1.20 bits per heavy atom. The highest BCUT2D eigenvalue weighted by Gasteiger charge is 2.32. The lowest BCUT2D eigenvalue weighted by molar-refractivity contribution is -0.122. The zero-order valence-corrected chi connectivity index (χ0v) is 16.1. The zero-order chi connectivity index (χ0) is 18.1. The molecule has 5 nitrogen and oxygen atoms in total. The standard InChI is InChI=1S/C19H20BrN3O2/c1-4-8-22-18(24)17(21-19(22)25)10-14-9-12(2)23(13(14)3)16-7-5-6-15(20)11-16/h5-7,9-11H,4,8H2,1-3H3,(H,21,25)/b17-10+. The van der Waals surface area contributed by atoms with Crippen LogP contribution in [0.15, 0.2) is 40.5 Å². The monoisotopic (exact) mass is 401 g/mol. The van der Waals surface area contributed by atoms with Crippen molar-refractivity contribution in [3.05, 3.63) is 57.5 Å². The van der Waals surface area contributed by atoms with Crippen LogP contribution in [0.2, 0.25) is 0 Å². The van der Waals surface area contributed by atoms with Crippen molar-refractivity contribution in [2.45, 2.75) is 27.2 Å². The third kappa shape index (κ3) is 3.26. The normalized spacial score (nSPS) is 16.0. The van der Waals surface area contributed by atoms with Gasteiger partial charge in [-0.2, -0.15) is 0 Å². The summed E-state index contributed by atoms with van der Waals surface area (Å²) in [4.78, 5) is 25.6. The van der Waals surface area contributed by atoms with Gasteiger partial charge in [-0.3, -0.25) is 9.69 Å². The molecule has 1 N–H and O–H groups in total. The highest BCUT2D eigenvalue weighted by atomic mass is 79.9. The van der Waals surface area contributed by atoms with E-state index in [1.54, 1.807) is 6.08 Å². The minimum Gasteiger partial charge on any atom is -0.318 e. The number of benzene rings is 1. The molecule has 0 spiro atoms. The number of nitrogens with zero attached hydrogens (tertiary/aromatic N) is 2. The van der Waals surface area contributed by atoms with Crippen LogP contribution in [0.5, 0.6) is 0 Å². The summed E-state index contributed by atoms with van der Waals surface area (Å²) in [5.74, 6) is -0.265. The van der Waals surface area contributed by atoms with Crippen LogP contribution in [0.3, 0.4) is 0 Å². The van der Waals surface area contributed by atoms with Gasteiger partial charge in [-0.1, -0.05) is 28.9 Å². The quantitative estimate of drug-likeness (QED) is 0.617. The Labute approximate surface area is 155 Å². The number of carbonyl (C=O) groups excluding carboxylic acids is 2. The fourth-order valence-corrected chi connectivity index (χ4v) is 3.49. The van der Waals surface area contributed by atoms with E-state index in [4.69, 9.17) is 0 Å². The van der Waals surface area contributed by atoms with Gasteiger partial charge in [-0.15, -0.1) is 0 Å². The summed E-state index contributed by atoms with van der Waals surface area (Å²) in [6.45, 7) is 6.40. The maximum Gasteiger partial charge on any atom is 0.329 e. The van der Waals surface area contributed by atoms with Crippen LogP contribution >= 0.6 is 15.9 Å². The van der Waals surface area contributed by atoms with Crippen LogP contribution in [0.1, 0.15) is 30.3 Å². The van der Waals surface area contributed by atoms with Gasteiger partial charge < -0.3 is 9.88 Å². The van der Waals surface area contributed by atoms with Crippen molar-refractivity contribution in [3.8, 4) is 5.69 Å². The Bertz CT molecular complexity index is 883. The van der Waals surface area contributed by atoms with Gasteiger partial charge in [0.05, 0.1) is 0 Å². The Morgan fingerprint density at radius 2 is 1.96 bits per heavy atom. The molecule has 25 heavy (non-hydrogen) atoms. The second-order valence-corrected chi connectivity index (χ2v) is 7.00. The van der Waals surface area contributed by atoms with E-state index in [9.17, 15) is 9.59 Å². The predicted molar refractivity (Wildman–Crippen MR) is 101 cm³/mol. The second-order valence-electron chi connectivity index (χ2n) is 6.09. The number of amides is 3. The summed E-state index contributed by atoms with van der Waals surface area (Å²) < 4.78 is 3.13. The van der Waals surface area contributed by atoms with Gasteiger partial charge in [0, 0.05) is 28.1 Å². The first-order chi connectivity index (χ1) is 11.9. The lowest BCUT2D eigenvalue weighted by Gasteiger charge is -2.10. The number of rotatable bonds is 4. The first-order valence-electron chi connectivity index (χ1n) is 8.21. The minimum absolute atomic E-state index is 0.265. The van der Waals surface area contributed by atoms with Gasteiger partial charge in [-0.05, 0) is 56.2 Å². The molecule has 1 aliphatic rings. The molecule has 2 aromatic rings. The smallest absolute Gasteiger partial charge is 0.318 e. The molecule has 0 saturated carbocycles. The molecule has 1 aliphatic heterocycles. The van der Waals surface area contributed by atoms with Crippen molar-refractivity contribution in [1.29, 1.82) is 0 Å². The van der Waals surface area contributed by atoms with Crippen LogP contribution in [0.25, 0.3) is 11.8 Å². The molecule has 1 aromatic heterocycles. The molecule has 0 atom stereocenters. The lowest BCUT2D eigenvalue weighted by atomic mass is 10.2. The lowest BCUT2D eigenvalue weighted by Crippen LogP contribution is -2.31. The zero-order valence-electron chi connectivity index (χ0n) is 14.5. The molecule has 1 fully saturated rings. The van der Waals surface area contributed by atoms with E-state index in [1.807, 2.05) is 51.1 Å². The van der Waals surface area contributed by atoms with Crippen molar-refractivity contribution >= 4 is 33.9 Å². The largest absolute Gasteiger partial charge is 0.329 e. The molecule has 2 heterocycles. The van der Waals surface area contributed by atoms with Crippen LogP contribution in [-0.4, -0.2) is 28.0 Å². The molecule has 0 aliphatic carbocycles. The van der Waals surface area contributed by atoms with E-state index in [0.29, 0.717) is 12.2 Å². The van der Waals surface area contributed by atoms with Gasteiger partial charge in [0.1, 0.15) is 5.70 Å². The maximum absolute atomic E-state index is 12.4. The van der Waals surface area contributed by atoms with E-state index in [0.717, 1.165) is 33.5 Å². The number of nitrogens with one attached hydrogen (secondary N) is 1. The maximum atomic E-state index is 12.4. The molecule has 1 saturated heterocycles. The molecule has 0 radical (unpaired) electrons. The topological polar surface area (TPSA) is 54.3 Å². The predicted octanol–water partition coefficient (Wildman–Crippen LogP) is 4.16. The van der Waals surface area contributed by atoms with Gasteiger partial charge >= 0.3 is 6.03 Å². The first-order valence-corrected chi connectivity index (χ1v) is 9.01. The van der Waals surface area contributed by atoms with Crippen molar-refractivity contribution in [3.63, 3.8) is 0 Å². The summed E-state index contributed by atoms with van der Waals surface area (Å²) >= 11 is 3.50. The summed E-state index contributed by atoms with van der Waals surface area (Å²) in [5, 5.41) is 2.67. The number of imide groups is 1. The number of urea groups is 1. The molecule has 3 rings (SSSR count). The van der Waals surface area contributed by atoms with Gasteiger partial charge in [-0.25, -0.2) is 4.79 Å². The van der Waals surface area contributed by atoms with Crippen LogP contribution < -0.4 is 5.32 Å². The minimum atomic E-state index is -0.348. The number of halogens is 1. The van der Waals surface area contributed by atoms with Gasteiger partial charge in [0.2, 0.25) is 0 Å². The SMILES string of the molecule is CCCN1C(=O)N/C(=C/c2cc(C)n(-c3cccc(Br)c3)c2C)C1=O. The second kappa shape index (κ2) is 6.88. The van der Waals surface area contributed by atoms with Gasteiger partial charge in [0.25, 0.3) is 5.91 Å². The molecule has 1 aromatic carbocycles. The third-order valence-electron chi connectivity index (χ3n) is 4.25. The molecular formula is C19H20BrN3O2. The molecule has 130 valence electrons. The van der Waals surface area contributed by atoms with Crippen molar-refractivity contribution < 1.29 is 9.59 Å². The highest BCUT2D eigenvalue weighted by Crippen LogP contribution is 2.25. The van der Waals surface area contributed by atoms with E-state index >= 15 is 0 Å². The Balaban J connectivity index is 1.99. The van der Waals surface area contributed by atoms with E-state index in [-0.39, 0.29) is 11.9 Å². The third-order valence-corrected chi connectivity index (χ3v) is 4.74. The Hall–Kier alpha value is -2.34. The van der Waals surface area contributed by atoms with Crippen LogP contribution in [0, 0.1) is 13.8 Å². The summed E-state index contributed by atoms with van der Waals surface area (Å²) in [6.07, 6.45) is 2.50. The molecule has 6 heteroatoms. The number of aryl methyl sites for hydroxylation is 1. The first kappa shape index (κ1) is 17.5. The Kier molecular flexibility index (Phi) is 4.81. The number of aromatic nitrogens is 1. The number of hydrogen-bond acceptors (Lipinski definition) is 2. The van der Waals surface area contributed by atoms with Gasteiger partial charge in [0.15, 0.2) is 0 Å². The molecule has 3 amide bonds. The van der Waals surface area contributed by atoms with Crippen molar-refractivity contribution in [1.82, 2.24) is 14.8 Å². The number of carbonyl (C=O) groups is 2. The average Bonchev–Trinajstić information content (AvgIpc) is 2.98. The number of hydrogen-bond donors (Lipinski definition) is 1. The fraction of sp³-hybridized carbons (Fsp3) is 0.263. The van der Waals surface area contributed by atoms with Crippen LogP contribution in [-0.2, 0) is 4.79 Å². The van der Waals surface area contributed by atoms with Crippen molar-refractivity contribution in [2.75, 3.05) is 6.54 Å². The molecule has 0 bridgehead atoms. The van der Waals surface area contributed by atoms with E-state index in [1.165, 1.54) is 4.90 Å². The summed E-state index contributed by atoms with van der Waals surface area (Å²) in [7, 11) is 0. The molecule has 0 unspecified atom stereocenters.